The molecule has 0 bridgehead atoms. The molecular weight excluding hydrogens is 312 g/mol. The molecule has 23 heavy (non-hydrogen) atoms. The Morgan fingerprint density at radius 3 is 3.13 bits per heavy atom. The second-order valence-corrected chi connectivity index (χ2v) is 6.33. The van der Waals surface area contributed by atoms with Crippen LogP contribution in [0.4, 0.5) is 4.79 Å². The molecule has 1 aliphatic rings. The molecule has 3 rings (SSSR count). The summed E-state index contributed by atoms with van der Waals surface area (Å²) in [5, 5.41) is 13.7. The van der Waals surface area contributed by atoms with Gasteiger partial charge in [-0.05, 0) is 55.4 Å². The highest BCUT2D eigenvalue weighted by Crippen LogP contribution is 2.35. The van der Waals surface area contributed by atoms with Crippen molar-refractivity contribution in [3.05, 3.63) is 51.8 Å². The minimum Gasteiger partial charge on any atom is -0.338 e. The van der Waals surface area contributed by atoms with E-state index in [-0.39, 0.29) is 12.1 Å². The van der Waals surface area contributed by atoms with Crippen LogP contribution in [0.25, 0.3) is 0 Å². The number of nitrogens with zero attached hydrogens (tertiary/aromatic N) is 1. The van der Waals surface area contributed by atoms with Crippen molar-refractivity contribution in [2.45, 2.75) is 38.6 Å². The van der Waals surface area contributed by atoms with Crippen LogP contribution in [0.2, 0.25) is 5.02 Å². The third kappa shape index (κ3) is 3.67. The van der Waals surface area contributed by atoms with E-state index < -0.39 is 0 Å². The summed E-state index contributed by atoms with van der Waals surface area (Å²) < 4.78 is 0. The van der Waals surface area contributed by atoms with Gasteiger partial charge >= 0.3 is 6.03 Å². The number of carbonyl (C=O) groups excluding carboxylic acids is 1. The van der Waals surface area contributed by atoms with Gasteiger partial charge < -0.3 is 10.6 Å². The number of H-pyrrole nitrogens is 1. The van der Waals surface area contributed by atoms with Gasteiger partial charge in [-0.2, -0.15) is 5.10 Å². The van der Waals surface area contributed by atoms with Gasteiger partial charge in [-0.25, -0.2) is 4.79 Å². The number of amides is 2. The molecular formula is C17H21ClN4O. The first-order valence-corrected chi connectivity index (χ1v) is 8.33. The lowest BCUT2D eigenvalue weighted by molar-refractivity contribution is 0.237. The van der Waals surface area contributed by atoms with Gasteiger partial charge in [0.05, 0.1) is 12.2 Å². The first kappa shape index (κ1) is 15.9. The maximum absolute atomic E-state index is 12.0. The minimum atomic E-state index is -0.119. The van der Waals surface area contributed by atoms with Crippen LogP contribution < -0.4 is 10.6 Å². The van der Waals surface area contributed by atoms with E-state index in [9.17, 15) is 4.79 Å². The molecule has 1 aliphatic carbocycles. The fourth-order valence-corrected chi connectivity index (χ4v) is 3.35. The molecule has 0 spiro atoms. The van der Waals surface area contributed by atoms with Gasteiger partial charge in [0.2, 0.25) is 0 Å². The minimum absolute atomic E-state index is 0.0554. The Morgan fingerprint density at radius 1 is 1.48 bits per heavy atom. The van der Waals surface area contributed by atoms with Crippen LogP contribution >= 0.6 is 11.6 Å². The number of aromatic nitrogens is 2. The number of nitrogens with one attached hydrogen (secondary N) is 3. The highest BCUT2D eigenvalue weighted by Gasteiger charge is 2.25. The third-order valence-electron chi connectivity index (χ3n) is 4.36. The number of hydrogen-bond donors (Lipinski definition) is 3. The molecule has 1 aromatic heterocycles. The van der Waals surface area contributed by atoms with Gasteiger partial charge in [0.25, 0.3) is 0 Å². The Hall–Kier alpha value is -2.01. The maximum atomic E-state index is 12.0. The van der Waals surface area contributed by atoms with Crippen LogP contribution in [-0.4, -0.2) is 22.8 Å². The smallest absolute Gasteiger partial charge is 0.315 e. The zero-order valence-electron chi connectivity index (χ0n) is 13.2. The monoisotopic (exact) mass is 332 g/mol. The Labute approximate surface area is 140 Å². The number of aromatic amines is 1. The molecule has 1 atom stereocenters. The number of benzene rings is 1. The molecule has 0 radical (unpaired) electrons. The zero-order valence-corrected chi connectivity index (χ0v) is 13.9. The molecule has 0 saturated carbocycles. The number of urea groups is 1. The van der Waals surface area contributed by atoms with E-state index in [1.165, 1.54) is 5.56 Å². The lowest BCUT2D eigenvalue weighted by atomic mass is 10.1. The predicted octanol–water partition coefficient (Wildman–Crippen LogP) is 3.29. The summed E-state index contributed by atoms with van der Waals surface area (Å²) in [4.78, 5) is 12.0. The standard InChI is InChI=1S/C17H21ClN4O/c1-11-12(10-20-22-11)4-3-9-19-17(23)21-16-8-7-13-14(16)5-2-6-15(13)18/h2,5-6,10,16H,3-4,7-9H2,1H3,(H,20,22)(H2,19,21,23)/t16-/m0/s1. The lowest BCUT2D eigenvalue weighted by Gasteiger charge is -2.15. The van der Waals surface area contributed by atoms with Crippen LogP contribution in [0.5, 0.6) is 0 Å². The van der Waals surface area contributed by atoms with E-state index >= 15 is 0 Å². The van der Waals surface area contributed by atoms with Gasteiger partial charge in [-0.3, -0.25) is 5.10 Å². The number of halogens is 1. The molecule has 5 nitrogen and oxygen atoms in total. The molecule has 2 aromatic rings. The normalized spacial score (nSPS) is 16.2. The van der Waals surface area contributed by atoms with Crippen molar-refractivity contribution < 1.29 is 4.79 Å². The van der Waals surface area contributed by atoms with E-state index in [2.05, 4.69) is 20.8 Å². The topological polar surface area (TPSA) is 69.8 Å². The second kappa shape index (κ2) is 7.04. The Morgan fingerprint density at radius 2 is 2.35 bits per heavy atom. The van der Waals surface area contributed by atoms with Crippen LogP contribution in [0.3, 0.4) is 0 Å². The fourth-order valence-electron chi connectivity index (χ4n) is 3.08. The van der Waals surface area contributed by atoms with Gasteiger partial charge in [-0.1, -0.05) is 23.7 Å². The van der Waals surface area contributed by atoms with Crippen molar-refractivity contribution in [2.24, 2.45) is 0 Å². The van der Waals surface area contributed by atoms with Crippen LogP contribution in [-0.2, 0) is 12.8 Å². The number of hydrogen-bond acceptors (Lipinski definition) is 2. The zero-order chi connectivity index (χ0) is 16.2. The fraction of sp³-hybridized carbons (Fsp3) is 0.412. The lowest BCUT2D eigenvalue weighted by Crippen LogP contribution is -2.37. The van der Waals surface area contributed by atoms with Crippen molar-refractivity contribution in [3.8, 4) is 0 Å². The van der Waals surface area contributed by atoms with E-state index in [4.69, 9.17) is 11.6 Å². The number of carbonyl (C=O) groups is 1. The highest BCUT2D eigenvalue weighted by molar-refractivity contribution is 6.31. The SMILES string of the molecule is Cc1[nH]ncc1CCCNC(=O)N[C@H]1CCc2c(Cl)cccc21. The summed E-state index contributed by atoms with van der Waals surface area (Å²) in [6.45, 7) is 2.65. The predicted molar refractivity (Wildman–Crippen MR) is 90.7 cm³/mol. The number of fused-ring (bicyclic) bond motifs is 1. The first-order valence-electron chi connectivity index (χ1n) is 7.95. The van der Waals surface area contributed by atoms with E-state index in [1.54, 1.807) is 0 Å². The molecule has 122 valence electrons. The Kier molecular flexibility index (Phi) is 4.86. The molecule has 3 N–H and O–H groups in total. The Balaban J connectivity index is 1.44. The average Bonchev–Trinajstić information content (AvgIpc) is 3.12. The summed E-state index contributed by atoms with van der Waals surface area (Å²) in [6, 6.07) is 5.82. The Bertz CT molecular complexity index is 698. The summed E-state index contributed by atoms with van der Waals surface area (Å²) in [7, 11) is 0. The number of rotatable bonds is 5. The van der Waals surface area contributed by atoms with Crippen LogP contribution in [0, 0.1) is 6.92 Å². The van der Waals surface area contributed by atoms with Crippen molar-refractivity contribution >= 4 is 17.6 Å². The molecule has 0 fully saturated rings. The summed E-state index contributed by atoms with van der Waals surface area (Å²) in [6.07, 6.45) is 5.46. The van der Waals surface area contributed by atoms with Crippen molar-refractivity contribution in [3.63, 3.8) is 0 Å². The van der Waals surface area contributed by atoms with Gasteiger partial charge in [-0.15, -0.1) is 0 Å². The molecule has 6 heteroatoms. The first-order chi connectivity index (χ1) is 11.1. The molecule has 2 amide bonds. The average molecular weight is 333 g/mol. The molecule has 1 aromatic carbocycles. The molecule has 0 unspecified atom stereocenters. The maximum Gasteiger partial charge on any atom is 0.315 e. The van der Waals surface area contributed by atoms with Crippen molar-refractivity contribution in [1.29, 1.82) is 0 Å². The molecule has 1 heterocycles. The van der Waals surface area contributed by atoms with Crippen molar-refractivity contribution in [1.82, 2.24) is 20.8 Å². The second-order valence-electron chi connectivity index (χ2n) is 5.92. The summed E-state index contributed by atoms with van der Waals surface area (Å²) in [5.74, 6) is 0. The highest BCUT2D eigenvalue weighted by atomic mass is 35.5. The van der Waals surface area contributed by atoms with Gasteiger partial charge in [0.15, 0.2) is 0 Å². The third-order valence-corrected chi connectivity index (χ3v) is 4.72. The van der Waals surface area contributed by atoms with E-state index in [1.807, 2.05) is 31.3 Å². The van der Waals surface area contributed by atoms with E-state index in [0.29, 0.717) is 6.54 Å². The van der Waals surface area contributed by atoms with Gasteiger partial charge in [0, 0.05) is 17.3 Å². The number of aryl methyl sites for hydroxylation is 2. The van der Waals surface area contributed by atoms with Crippen LogP contribution in [0.15, 0.2) is 24.4 Å². The largest absolute Gasteiger partial charge is 0.338 e. The van der Waals surface area contributed by atoms with Gasteiger partial charge in [0.1, 0.15) is 0 Å². The molecule has 0 saturated heterocycles. The van der Waals surface area contributed by atoms with Crippen molar-refractivity contribution in [2.75, 3.05) is 6.54 Å². The summed E-state index contributed by atoms with van der Waals surface area (Å²) in [5.41, 5.74) is 4.59. The quantitative estimate of drug-likeness (QED) is 0.735. The summed E-state index contributed by atoms with van der Waals surface area (Å²) >= 11 is 6.20. The van der Waals surface area contributed by atoms with Crippen LogP contribution in [0.1, 0.15) is 41.3 Å². The molecule has 0 aliphatic heterocycles. The van der Waals surface area contributed by atoms with E-state index in [0.717, 1.165) is 47.5 Å².